The highest BCUT2D eigenvalue weighted by molar-refractivity contribution is 5.68. The third-order valence-electron chi connectivity index (χ3n) is 2.41. The van der Waals surface area contributed by atoms with E-state index in [1.165, 1.54) is 0 Å². The number of benzene rings is 1. The van der Waals surface area contributed by atoms with Gasteiger partial charge >= 0.3 is 0 Å². The Hall–Kier alpha value is -1.73. The summed E-state index contributed by atoms with van der Waals surface area (Å²) in [4.78, 5) is 0. The van der Waals surface area contributed by atoms with Crippen LogP contribution in [0.5, 0.6) is 0 Å². The molecule has 0 atom stereocenters. The lowest BCUT2D eigenvalue weighted by Gasteiger charge is -2.10. The summed E-state index contributed by atoms with van der Waals surface area (Å²) in [5, 5.41) is 12.0. The van der Waals surface area contributed by atoms with Crippen LogP contribution < -0.4 is 11.1 Å². The number of nitriles is 1. The highest BCUT2D eigenvalue weighted by Gasteiger charge is 2.00. The summed E-state index contributed by atoms with van der Waals surface area (Å²) in [5.74, 6) is 0.576. The van der Waals surface area contributed by atoms with E-state index in [1.54, 1.807) is 12.1 Å². The first-order chi connectivity index (χ1) is 8.63. The van der Waals surface area contributed by atoms with Crippen LogP contribution in [0.25, 0.3) is 0 Å². The Balaban J connectivity index is 2.25. The summed E-state index contributed by atoms with van der Waals surface area (Å²) in [6.07, 6.45) is 0.937. The molecule has 4 heteroatoms. The minimum atomic E-state index is 0.576. The number of ether oxygens (including phenoxy) is 1. The number of hydrogen-bond donors (Lipinski definition) is 2. The number of hydrogen-bond acceptors (Lipinski definition) is 4. The van der Waals surface area contributed by atoms with Crippen molar-refractivity contribution in [3.05, 3.63) is 23.8 Å². The van der Waals surface area contributed by atoms with E-state index in [0.29, 0.717) is 17.2 Å². The predicted molar refractivity (Wildman–Crippen MR) is 74.3 cm³/mol. The van der Waals surface area contributed by atoms with Gasteiger partial charge in [-0.3, -0.25) is 0 Å². The average molecular weight is 247 g/mol. The van der Waals surface area contributed by atoms with Crippen LogP contribution in [0.3, 0.4) is 0 Å². The van der Waals surface area contributed by atoms with Crippen LogP contribution in [-0.2, 0) is 4.74 Å². The zero-order chi connectivity index (χ0) is 13.4. The molecule has 0 fully saturated rings. The van der Waals surface area contributed by atoms with Crippen molar-refractivity contribution in [2.75, 3.05) is 30.8 Å². The van der Waals surface area contributed by atoms with E-state index in [1.807, 2.05) is 6.07 Å². The number of rotatable bonds is 7. The Kier molecular flexibility index (Phi) is 6.03. The molecule has 0 aliphatic carbocycles. The molecule has 0 bridgehead atoms. The Morgan fingerprint density at radius 3 is 2.83 bits per heavy atom. The van der Waals surface area contributed by atoms with Crippen molar-refractivity contribution in [2.24, 2.45) is 5.92 Å². The fourth-order valence-electron chi connectivity index (χ4n) is 1.51. The maximum Gasteiger partial charge on any atom is 0.0992 e. The van der Waals surface area contributed by atoms with Crippen LogP contribution in [0.2, 0.25) is 0 Å². The average Bonchev–Trinajstić information content (AvgIpc) is 2.34. The molecule has 1 aromatic carbocycles. The van der Waals surface area contributed by atoms with Gasteiger partial charge in [-0.05, 0) is 30.5 Å². The Labute approximate surface area is 109 Å². The zero-order valence-corrected chi connectivity index (χ0v) is 11.1. The van der Waals surface area contributed by atoms with Gasteiger partial charge in [0.15, 0.2) is 0 Å². The van der Waals surface area contributed by atoms with Gasteiger partial charge in [0, 0.05) is 19.8 Å². The first-order valence-corrected chi connectivity index (χ1v) is 6.24. The second-order valence-corrected chi connectivity index (χ2v) is 4.66. The minimum Gasteiger partial charge on any atom is -0.397 e. The maximum atomic E-state index is 8.73. The Morgan fingerprint density at radius 1 is 1.44 bits per heavy atom. The highest BCUT2D eigenvalue weighted by Crippen LogP contribution is 2.19. The van der Waals surface area contributed by atoms with E-state index in [4.69, 9.17) is 15.7 Å². The van der Waals surface area contributed by atoms with Crippen LogP contribution in [0.4, 0.5) is 11.4 Å². The van der Waals surface area contributed by atoms with Crippen molar-refractivity contribution in [3.63, 3.8) is 0 Å². The molecule has 0 heterocycles. The molecule has 3 N–H and O–H groups in total. The van der Waals surface area contributed by atoms with Crippen LogP contribution in [0, 0.1) is 17.2 Å². The van der Waals surface area contributed by atoms with Crippen LogP contribution in [-0.4, -0.2) is 19.8 Å². The number of nitrogens with one attached hydrogen (secondary N) is 1. The standard InChI is InChI=1S/C14H21N3O/c1-11(2)10-18-7-3-6-17-14-5-4-12(9-15)8-13(14)16/h4-5,8,11,17H,3,6-7,10,16H2,1-2H3. The molecule has 0 aliphatic heterocycles. The molecule has 0 radical (unpaired) electrons. The van der Waals surface area contributed by atoms with Crippen LogP contribution >= 0.6 is 0 Å². The van der Waals surface area contributed by atoms with Gasteiger partial charge in [-0.25, -0.2) is 0 Å². The van der Waals surface area contributed by atoms with Crippen molar-refractivity contribution in [1.82, 2.24) is 0 Å². The van der Waals surface area contributed by atoms with E-state index < -0.39 is 0 Å². The number of nitrogens with zero attached hydrogens (tertiary/aromatic N) is 1. The van der Waals surface area contributed by atoms with E-state index in [2.05, 4.69) is 25.2 Å². The number of anilines is 2. The molecule has 0 unspecified atom stereocenters. The summed E-state index contributed by atoms with van der Waals surface area (Å²) >= 11 is 0. The summed E-state index contributed by atoms with van der Waals surface area (Å²) in [7, 11) is 0. The lowest BCUT2D eigenvalue weighted by atomic mass is 10.2. The zero-order valence-electron chi connectivity index (χ0n) is 11.1. The van der Waals surface area contributed by atoms with Crippen molar-refractivity contribution < 1.29 is 4.74 Å². The fourth-order valence-corrected chi connectivity index (χ4v) is 1.51. The van der Waals surface area contributed by atoms with Crippen molar-refractivity contribution in [1.29, 1.82) is 5.26 Å². The lowest BCUT2D eigenvalue weighted by Crippen LogP contribution is -2.09. The summed E-state index contributed by atoms with van der Waals surface area (Å²) < 4.78 is 5.49. The molecular weight excluding hydrogens is 226 g/mol. The van der Waals surface area contributed by atoms with Gasteiger partial charge in [-0.15, -0.1) is 0 Å². The molecule has 18 heavy (non-hydrogen) atoms. The van der Waals surface area contributed by atoms with E-state index in [-0.39, 0.29) is 0 Å². The van der Waals surface area contributed by atoms with Crippen LogP contribution in [0.15, 0.2) is 18.2 Å². The maximum absolute atomic E-state index is 8.73. The third kappa shape index (κ3) is 5.07. The lowest BCUT2D eigenvalue weighted by molar-refractivity contribution is 0.110. The minimum absolute atomic E-state index is 0.576. The smallest absolute Gasteiger partial charge is 0.0992 e. The topological polar surface area (TPSA) is 71.1 Å². The largest absolute Gasteiger partial charge is 0.397 e. The first kappa shape index (κ1) is 14.3. The quantitative estimate of drug-likeness (QED) is 0.574. The second kappa shape index (κ2) is 7.57. The number of nitrogen functional groups attached to an aromatic ring is 1. The van der Waals surface area contributed by atoms with Crippen molar-refractivity contribution >= 4 is 11.4 Å². The molecule has 0 spiro atoms. The van der Waals surface area contributed by atoms with Gasteiger partial charge in [-0.2, -0.15) is 5.26 Å². The normalized spacial score (nSPS) is 10.3. The monoisotopic (exact) mass is 247 g/mol. The summed E-state index contributed by atoms with van der Waals surface area (Å²) in [6.45, 7) is 6.64. The molecule has 4 nitrogen and oxygen atoms in total. The molecule has 0 aliphatic rings. The molecule has 1 rings (SSSR count). The first-order valence-electron chi connectivity index (χ1n) is 6.24. The molecule has 0 saturated heterocycles. The van der Waals surface area contributed by atoms with Gasteiger partial charge in [0.2, 0.25) is 0 Å². The highest BCUT2D eigenvalue weighted by atomic mass is 16.5. The van der Waals surface area contributed by atoms with Crippen molar-refractivity contribution in [2.45, 2.75) is 20.3 Å². The van der Waals surface area contributed by atoms with Gasteiger partial charge in [0.05, 0.1) is 23.0 Å². The fraction of sp³-hybridized carbons (Fsp3) is 0.500. The summed E-state index contributed by atoms with van der Waals surface area (Å²) in [6, 6.07) is 7.33. The van der Waals surface area contributed by atoms with E-state index >= 15 is 0 Å². The molecule has 0 saturated carbocycles. The molecule has 0 amide bonds. The summed E-state index contributed by atoms with van der Waals surface area (Å²) in [5.41, 5.74) is 7.90. The molecule has 0 aromatic heterocycles. The predicted octanol–water partition coefficient (Wildman–Crippen LogP) is 2.62. The van der Waals surface area contributed by atoms with Gasteiger partial charge in [-0.1, -0.05) is 13.8 Å². The van der Waals surface area contributed by atoms with Crippen molar-refractivity contribution in [3.8, 4) is 6.07 Å². The second-order valence-electron chi connectivity index (χ2n) is 4.66. The molecule has 1 aromatic rings. The Morgan fingerprint density at radius 2 is 2.22 bits per heavy atom. The SMILES string of the molecule is CC(C)COCCCNc1ccc(C#N)cc1N. The molecular formula is C14H21N3O. The van der Waals surface area contributed by atoms with E-state index in [9.17, 15) is 0 Å². The van der Waals surface area contributed by atoms with Gasteiger partial charge < -0.3 is 15.8 Å². The number of nitrogens with two attached hydrogens (primary N) is 1. The molecule has 98 valence electrons. The van der Waals surface area contributed by atoms with E-state index in [0.717, 1.165) is 31.9 Å². The van der Waals surface area contributed by atoms with Crippen LogP contribution in [0.1, 0.15) is 25.8 Å². The van der Waals surface area contributed by atoms with Gasteiger partial charge in [0.25, 0.3) is 0 Å². The van der Waals surface area contributed by atoms with Gasteiger partial charge in [0.1, 0.15) is 0 Å². The Bertz CT molecular complexity index is 410. The third-order valence-corrected chi connectivity index (χ3v) is 2.41.